The zero-order valence-corrected chi connectivity index (χ0v) is 12.3. The summed E-state index contributed by atoms with van der Waals surface area (Å²) in [6.07, 6.45) is 0. The average Bonchev–Trinajstić information content (AvgIpc) is 2.28. The molecule has 8 heteroatoms. The highest BCUT2D eigenvalue weighted by Crippen LogP contribution is 2.34. The first kappa shape index (κ1) is 13.0. The van der Waals surface area contributed by atoms with Gasteiger partial charge >= 0.3 is 5.69 Å². The molecule has 2 aromatic rings. The van der Waals surface area contributed by atoms with Gasteiger partial charge in [-0.3, -0.25) is 9.78 Å². The monoisotopic (exact) mass is 374 g/mol. The number of benzene rings is 1. The fourth-order valence-electron chi connectivity index (χ4n) is 1.54. The quantitative estimate of drug-likeness (QED) is 0.744. The third-order valence-electron chi connectivity index (χ3n) is 2.27. The Balaban J connectivity index is 2.78. The first-order valence-electron chi connectivity index (χ1n) is 4.89. The van der Waals surface area contributed by atoms with Gasteiger partial charge in [0.15, 0.2) is 5.69 Å². The van der Waals surface area contributed by atoms with Crippen LogP contribution in [0.3, 0.4) is 0 Å². The molecule has 3 N–H and O–H groups in total. The summed E-state index contributed by atoms with van der Waals surface area (Å²) in [6, 6.07) is 3.59. The molecule has 1 aromatic heterocycles. The minimum absolute atomic E-state index is 0.140. The first-order chi connectivity index (χ1) is 8.52. The van der Waals surface area contributed by atoms with E-state index in [1.165, 1.54) is 0 Å². The van der Waals surface area contributed by atoms with Crippen molar-refractivity contribution in [3.63, 3.8) is 0 Å². The Bertz CT molecular complexity index is 708. The molecule has 0 saturated carbocycles. The molecule has 1 aromatic carbocycles. The molecule has 0 atom stereocenters. The summed E-state index contributed by atoms with van der Waals surface area (Å²) in [6.45, 7) is 0. The number of H-pyrrole nitrogens is 2. The molecule has 0 aliphatic heterocycles. The Hall–Kier alpha value is -1.41. The van der Waals surface area contributed by atoms with Crippen LogP contribution in [-0.4, -0.2) is 22.2 Å². The number of aromatic nitrogens is 3. The van der Waals surface area contributed by atoms with Crippen LogP contribution in [0.1, 0.15) is 0 Å². The zero-order chi connectivity index (χ0) is 13.3. The Kier molecular flexibility index (Phi) is 3.67. The number of rotatable bonds is 2. The SMILES string of the molecule is CNc1c(Br)cc(Br)cc1-c1n[nH]c(=O)[nH]c1=O. The van der Waals surface area contributed by atoms with Crippen molar-refractivity contribution in [1.29, 1.82) is 0 Å². The van der Waals surface area contributed by atoms with E-state index in [0.29, 0.717) is 11.3 Å². The Morgan fingerprint density at radius 2 is 2.00 bits per heavy atom. The van der Waals surface area contributed by atoms with Gasteiger partial charge in [-0.15, -0.1) is 0 Å². The highest BCUT2D eigenvalue weighted by molar-refractivity contribution is 9.11. The van der Waals surface area contributed by atoms with Crippen molar-refractivity contribution in [2.45, 2.75) is 0 Å². The lowest BCUT2D eigenvalue weighted by Crippen LogP contribution is -2.25. The Morgan fingerprint density at radius 1 is 1.28 bits per heavy atom. The van der Waals surface area contributed by atoms with Gasteiger partial charge in [0, 0.05) is 21.6 Å². The number of nitrogens with one attached hydrogen (secondary N) is 3. The van der Waals surface area contributed by atoms with E-state index in [9.17, 15) is 9.59 Å². The number of hydrogen-bond acceptors (Lipinski definition) is 4. The Labute approximate surface area is 118 Å². The van der Waals surface area contributed by atoms with E-state index in [4.69, 9.17) is 0 Å². The minimum atomic E-state index is -0.635. The maximum Gasteiger partial charge on any atom is 0.342 e. The second kappa shape index (κ2) is 5.07. The highest BCUT2D eigenvalue weighted by Gasteiger charge is 2.14. The van der Waals surface area contributed by atoms with Gasteiger partial charge in [-0.1, -0.05) is 15.9 Å². The topological polar surface area (TPSA) is 90.6 Å². The van der Waals surface area contributed by atoms with Crippen LogP contribution < -0.4 is 16.6 Å². The lowest BCUT2D eigenvalue weighted by Gasteiger charge is -2.10. The van der Waals surface area contributed by atoms with E-state index >= 15 is 0 Å². The van der Waals surface area contributed by atoms with Gasteiger partial charge in [0.25, 0.3) is 5.56 Å². The van der Waals surface area contributed by atoms with Crippen LogP contribution >= 0.6 is 31.9 Å². The van der Waals surface area contributed by atoms with E-state index in [1.807, 2.05) is 6.07 Å². The molecule has 6 nitrogen and oxygen atoms in total. The normalized spacial score (nSPS) is 10.4. The summed E-state index contributed by atoms with van der Waals surface area (Å²) in [5.41, 5.74) is 0.254. The summed E-state index contributed by atoms with van der Waals surface area (Å²) in [5, 5.41) is 8.96. The van der Waals surface area contributed by atoms with Crippen molar-refractivity contribution in [3.8, 4) is 11.3 Å². The van der Waals surface area contributed by atoms with E-state index in [1.54, 1.807) is 13.1 Å². The molecular formula is C10H8Br2N4O2. The van der Waals surface area contributed by atoms with Crippen LogP contribution in [0.5, 0.6) is 0 Å². The second-order valence-electron chi connectivity index (χ2n) is 3.42. The number of anilines is 1. The summed E-state index contributed by atoms with van der Waals surface area (Å²) in [5.74, 6) is 0. The number of aromatic amines is 2. The van der Waals surface area contributed by atoms with E-state index < -0.39 is 11.2 Å². The molecule has 0 bridgehead atoms. The third kappa shape index (κ3) is 2.39. The van der Waals surface area contributed by atoms with Crippen molar-refractivity contribution in [2.75, 3.05) is 12.4 Å². The van der Waals surface area contributed by atoms with Gasteiger partial charge in [0.05, 0.1) is 5.69 Å². The molecule has 0 unspecified atom stereocenters. The maximum absolute atomic E-state index is 11.7. The van der Waals surface area contributed by atoms with E-state index in [0.717, 1.165) is 8.95 Å². The molecular weight excluding hydrogens is 368 g/mol. The number of hydrogen-bond donors (Lipinski definition) is 3. The minimum Gasteiger partial charge on any atom is -0.387 e. The van der Waals surface area contributed by atoms with Gasteiger partial charge in [-0.25, -0.2) is 9.89 Å². The van der Waals surface area contributed by atoms with Crippen LogP contribution in [0, 0.1) is 0 Å². The third-order valence-corrected chi connectivity index (χ3v) is 3.35. The molecule has 0 saturated heterocycles. The van der Waals surface area contributed by atoms with Crippen LogP contribution in [-0.2, 0) is 0 Å². The number of nitrogens with zero attached hydrogens (tertiary/aromatic N) is 1. The van der Waals surface area contributed by atoms with Crippen LogP contribution in [0.25, 0.3) is 11.3 Å². The molecule has 18 heavy (non-hydrogen) atoms. The summed E-state index contributed by atoms with van der Waals surface area (Å²) < 4.78 is 1.57. The molecule has 0 fully saturated rings. The molecule has 1 heterocycles. The summed E-state index contributed by atoms with van der Waals surface area (Å²) in [7, 11) is 1.73. The zero-order valence-electron chi connectivity index (χ0n) is 9.17. The highest BCUT2D eigenvalue weighted by atomic mass is 79.9. The van der Waals surface area contributed by atoms with Crippen LogP contribution in [0.15, 0.2) is 30.7 Å². The lowest BCUT2D eigenvalue weighted by atomic mass is 10.1. The van der Waals surface area contributed by atoms with Crippen molar-refractivity contribution < 1.29 is 0 Å². The van der Waals surface area contributed by atoms with E-state index in [-0.39, 0.29) is 5.69 Å². The van der Waals surface area contributed by atoms with Crippen molar-refractivity contribution >= 4 is 37.5 Å². The van der Waals surface area contributed by atoms with Gasteiger partial charge in [0.2, 0.25) is 0 Å². The van der Waals surface area contributed by atoms with E-state index in [2.05, 4.69) is 52.4 Å². The maximum atomic E-state index is 11.7. The smallest absolute Gasteiger partial charge is 0.342 e. The van der Waals surface area contributed by atoms with Crippen LogP contribution in [0.4, 0.5) is 5.69 Å². The Morgan fingerprint density at radius 3 is 2.61 bits per heavy atom. The summed E-state index contributed by atoms with van der Waals surface area (Å²) in [4.78, 5) is 24.8. The van der Waals surface area contributed by atoms with Gasteiger partial charge in [0.1, 0.15) is 0 Å². The molecule has 2 rings (SSSR count). The van der Waals surface area contributed by atoms with Crippen molar-refractivity contribution in [2.24, 2.45) is 0 Å². The van der Waals surface area contributed by atoms with Gasteiger partial charge < -0.3 is 5.32 Å². The fraction of sp³-hybridized carbons (Fsp3) is 0.100. The van der Waals surface area contributed by atoms with Gasteiger partial charge in [-0.2, -0.15) is 5.10 Å². The molecule has 0 radical (unpaired) electrons. The molecule has 0 amide bonds. The largest absolute Gasteiger partial charge is 0.387 e. The predicted molar refractivity (Wildman–Crippen MR) is 75.9 cm³/mol. The first-order valence-corrected chi connectivity index (χ1v) is 6.47. The van der Waals surface area contributed by atoms with Crippen LogP contribution in [0.2, 0.25) is 0 Å². The lowest BCUT2D eigenvalue weighted by molar-refractivity contribution is 0.897. The standard InChI is InChI=1S/C10H8Br2N4O2/c1-13-7-5(2-4(11)3-6(7)12)8-9(17)14-10(18)16-15-8/h2-3,13H,1H3,(H2,14,16,17,18). The molecule has 0 spiro atoms. The van der Waals surface area contributed by atoms with Gasteiger partial charge in [-0.05, 0) is 28.1 Å². The second-order valence-corrected chi connectivity index (χ2v) is 5.19. The molecule has 0 aliphatic carbocycles. The van der Waals surface area contributed by atoms with Crippen molar-refractivity contribution in [3.05, 3.63) is 41.9 Å². The number of halogens is 2. The molecule has 94 valence electrons. The summed E-state index contributed by atoms with van der Waals surface area (Å²) >= 11 is 6.73. The average molecular weight is 376 g/mol. The van der Waals surface area contributed by atoms with Crippen molar-refractivity contribution in [1.82, 2.24) is 15.2 Å². The molecule has 0 aliphatic rings. The predicted octanol–water partition coefficient (Wildman–Crippen LogP) is 1.69. The fourth-order valence-corrected chi connectivity index (χ4v) is 2.97.